The fraction of sp³-hybridized carbons (Fsp3) is 0.0588. The Hall–Kier alpha value is -1.45. The van der Waals surface area contributed by atoms with Gasteiger partial charge in [0.05, 0.1) is 10.8 Å². The van der Waals surface area contributed by atoms with Gasteiger partial charge in [-0.05, 0) is 34.0 Å². The molecule has 1 unspecified atom stereocenters. The van der Waals surface area contributed by atoms with Gasteiger partial charge in [0.15, 0.2) is 0 Å². The quantitative estimate of drug-likeness (QED) is 0.638. The molecule has 0 aromatic heterocycles. The minimum Gasteiger partial charge on any atom is -0.255 e. The van der Waals surface area contributed by atoms with Gasteiger partial charge in [-0.25, -0.2) is 0 Å². The van der Waals surface area contributed by atoms with Gasteiger partial charge < -0.3 is 0 Å². The fourth-order valence-electron chi connectivity index (χ4n) is 2.42. The Balaban J connectivity index is 2.34. The van der Waals surface area contributed by atoms with Crippen LogP contribution in [-0.4, -0.2) is 10.5 Å². The van der Waals surface area contributed by atoms with E-state index in [1.807, 2.05) is 36.4 Å². The Bertz CT molecular complexity index is 806. The van der Waals surface area contributed by atoms with Gasteiger partial charge in [0, 0.05) is 15.6 Å². The van der Waals surface area contributed by atoms with Gasteiger partial charge in [0.2, 0.25) is 0 Å². The molecule has 1 nitrogen and oxygen atoms in total. The van der Waals surface area contributed by atoms with E-state index in [2.05, 4.69) is 40.2 Å². The first-order valence-corrected chi connectivity index (χ1v) is 8.63. The zero-order valence-corrected chi connectivity index (χ0v) is 13.4. The molecule has 0 fully saturated rings. The molecule has 0 saturated heterocycles. The second-order valence-electron chi connectivity index (χ2n) is 4.62. The number of fused-ring (bicyclic) bond motifs is 1. The first kappa shape index (κ1) is 13.5. The molecule has 0 saturated carbocycles. The monoisotopic (exact) mass is 344 g/mol. The molecule has 0 aliphatic heterocycles. The van der Waals surface area contributed by atoms with Crippen LogP contribution < -0.4 is 0 Å². The van der Waals surface area contributed by atoms with Crippen molar-refractivity contribution in [3.8, 4) is 11.1 Å². The number of halogens is 1. The van der Waals surface area contributed by atoms with Gasteiger partial charge >= 0.3 is 0 Å². The Kier molecular flexibility index (Phi) is 3.72. The molecule has 3 rings (SSSR count). The van der Waals surface area contributed by atoms with Crippen molar-refractivity contribution in [1.29, 1.82) is 0 Å². The van der Waals surface area contributed by atoms with Crippen LogP contribution in [-0.2, 0) is 10.8 Å². The maximum absolute atomic E-state index is 12.0. The van der Waals surface area contributed by atoms with Gasteiger partial charge in [-0.15, -0.1) is 0 Å². The topological polar surface area (TPSA) is 17.1 Å². The van der Waals surface area contributed by atoms with E-state index >= 15 is 0 Å². The lowest BCUT2D eigenvalue weighted by Crippen LogP contribution is -1.93. The number of rotatable bonds is 2. The van der Waals surface area contributed by atoms with Crippen LogP contribution in [0.25, 0.3) is 21.9 Å². The molecule has 3 heteroatoms. The summed E-state index contributed by atoms with van der Waals surface area (Å²) in [6.07, 6.45) is 1.72. The van der Waals surface area contributed by atoms with E-state index in [1.165, 1.54) is 10.8 Å². The third kappa shape index (κ3) is 2.43. The predicted molar refractivity (Wildman–Crippen MR) is 89.4 cm³/mol. The summed E-state index contributed by atoms with van der Waals surface area (Å²) in [5, 5.41) is 2.38. The molecular formula is C17H13BrOS. The second-order valence-corrected chi connectivity index (χ2v) is 6.89. The lowest BCUT2D eigenvalue weighted by molar-refractivity contribution is 0.687. The summed E-state index contributed by atoms with van der Waals surface area (Å²) in [5.41, 5.74) is 2.16. The molecule has 3 aromatic rings. The zero-order valence-electron chi connectivity index (χ0n) is 11.0. The van der Waals surface area contributed by atoms with Gasteiger partial charge in [-0.3, -0.25) is 4.21 Å². The van der Waals surface area contributed by atoms with Crippen LogP contribution in [0.3, 0.4) is 0 Å². The van der Waals surface area contributed by atoms with Crippen molar-refractivity contribution < 1.29 is 4.21 Å². The summed E-state index contributed by atoms with van der Waals surface area (Å²) in [7, 11) is -1.02. The summed E-state index contributed by atoms with van der Waals surface area (Å²) in [4.78, 5) is 0.857. The molecule has 0 aliphatic carbocycles. The third-order valence-corrected chi connectivity index (χ3v) is 4.78. The number of hydrogen-bond donors (Lipinski definition) is 0. The molecule has 0 heterocycles. The highest BCUT2D eigenvalue weighted by molar-refractivity contribution is 9.10. The van der Waals surface area contributed by atoms with E-state index in [-0.39, 0.29) is 0 Å². The molecule has 0 spiro atoms. The molecule has 3 aromatic carbocycles. The summed E-state index contributed by atoms with van der Waals surface area (Å²) in [6, 6.07) is 20.5. The van der Waals surface area contributed by atoms with Crippen LogP contribution in [0.5, 0.6) is 0 Å². The Morgan fingerprint density at radius 3 is 2.45 bits per heavy atom. The number of hydrogen-bond acceptors (Lipinski definition) is 1. The third-order valence-electron chi connectivity index (χ3n) is 3.33. The summed E-state index contributed by atoms with van der Waals surface area (Å²) in [6.45, 7) is 0. The summed E-state index contributed by atoms with van der Waals surface area (Å²) >= 11 is 3.45. The van der Waals surface area contributed by atoms with E-state index in [1.54, 1.807) is 6.26 Å². The van der Waals surface area contributed by atoms with Gasteiger partial charge in [0.25, 0.3) is 0 Å². The lowest BCUT2D eigenvalue weighted by atomic mass is 9.98. The average Bonchev–Trinajstić information content (AvgIpc) is 2.46. The molecule has 0 radical (unpaired) electrons. The smallest absolute Gasteiger partial charge is 0.0504 e. The molecule has 0 aliphatic rings. The van der Waals surface area contributed by atoms with Crippen LogP contribution in [0.1, 0.15) is 0 Å². The number of benzene rings is 3. The van der Waals surface area contributed by atoms with Crippen molar-refractivity contribution in [2.45, 2.75) is 4.90 Å². The van der Waals surface area contributed by atoms with Crippen LogP contribution in [0, 0.1) is 0 Å². The molecule has 0 bridgehead atoms. The van der Waals surface area contributed by atoms with Crippen LogP contribution >= 0.6 is 15.9 Å². The standard InChI is InChI=1S/C17H13BrOS/c1-20(19)17-11-13(18)9-10-16(17)15-8-4-6-12-5-2-3-7-14(12)15/h2-11H,1H3. The van der Waals surface area contributed by atoms with Crippen molar-refractivity contribution in [1.82, 2.24) is 0 Å². The van der Waals surface area contributed by atoms with Crippen molar-refractivity contribution in [2.24, 2.45) is 0 Å². The first-order valence-electron chi connectivity index (χ1n) is 6.28. The van der Waals surface area contributed by atoms with Crippen LogP contribution in [0.15, 0.2) is 70.0 Å². The fourth-order valence-corrected chi connectivity index (χ4v) is 3.71. The van der Waals surface area contributed by atoms with Gasteiger partial charge in [0.1, 0.15) is 0 Å². The molecule has 20 heavy (non-hydrogen) atoms. The van der Waals surface area contributed by atoms with Crippen molar-refractivity contribution in [2.75, 3.05) is 6.26 Å². The van der Waals surface area contributed by atoms with Gasteiger partial charge in [-0.2, -0.15) is 0 Å². The van der Waals surface area contributed by atoms with E-state index in [0.717, 1.165) is 20.5 Å². The molecule has 0 amide bonds. The highest BCUT2D eigenvalue weighted by Gasteiger charge is 2.11. The van der Waals surface area contributed by atoms with E-state index in [0.29, 0.717) is 0 Å². The second kappa shape index (κ2) is 5.51. The molecule has 1 atom stereocenters. The van der Waals surface area contributed by atoms with E-state index in [9.17, 15) is 4.21 Å². The van der Waals surface area contributed by atoms with E-state index < -0.39 is 10.8 Å². The zero-order chi connectivity index (χ0) is 14.1. The molecular weight excluding hydrogens is 332 g/mol. The summed E-state index contributed by atoms with van der Waals surface area (Å²) < 4.78 is 13.0. The Morgan fingerprint density at radius 2 is 1.65 bits per heavy atom. The minimum absolute atomic E-state index is 0.857. The normalized spacial score (nSPS) is 12.5. The Labute approximate surface area is 129 Å². The van der Waals surface area contributed by atoms with Crippen molar-refractivity contribution in [3.05, 3.63) is 65.1 Å². The predicted octanol–water partition coefficient (Wildman–Crippen LogP) is 5.01. The minimum atomic E-state index is -1.02. The SMILES string of the molecule is CS(=O)c1cc(Br)ccc1-c1cccc2ccccc12. The van der Waals surface area contributed by atoms with Gasteiger partial charge in [-0.1, -0.05) is 64.5 Å². The molecule has 0 N–H and O–H groups in total. The Morgan fingerprint density at radius 1 is 0.900 bits per heavy atom. The maximum atomic E-state index is 12.0. The summed E-state index contributed by atoms with van der Waals surface area (Å²) in [5.74, 6) is 0. The van der Waals surface area contributed by atoms with Crippen molar-refractivity contribution in [3.63, 3.8) is 0 Å². The first-order chi connectivity index (χ1) is 9.66. The highest BCUT2D eigenvalue weighted by Crippen LogP contribution is 2.33. The van der Waals surface area contributed by atoms with Crippen LogP contribution in [0.2, 0.25) is 0 Å². The lowest BCUT2D eigenvalue weighted by Gasteiger charge is -2.11. The van der Waals surface area contributed by atoms with E-state index in [4.69, 9.17) is 0 Å². The maximum Gasteiger partial charge on any atom is 0.0504 e. The van der Waals surface area contributed by atoms with Crippen LogP contribution in [0.4, 0.5) is 0 Å². The molecule has 100 valence electrons. The highest BCUT2D eigenvalue weighted by atomic mass is 79.9. The average molecular weight is 345 g/mol. The van der Waals surface area contributed by atoms with Crippen molar-refractivity contribution >= 4 is 37.5 Å². The largest absolute Gasteiger partial charge is 0.255 e.